The first kappa shape index (κ1) is 23.1. The summed E-state index contributed by atoms with van der Waals surface area (Å²) in [7, 11) is -3.56. The quantitative estimate of drug-likeness (QED) is 0.258. The first-order valence-corrected chi connectivity index (χ1v) is 12.3. The van der Waals surface area contributed by atoms with Crippen LogP contribution >= 0.6 is 11.6 Å². The molecule has 0 radical (unpaired) electrons. The van der Waals surface area contributed by atoms with Crippen LogP contribution in [-0.2, 0) is 10.0 Å². The number of fused-ring (bicyclic) bond motifs is 2. The summed E-state index contributed by atoms with van der Waals surface area (Å²) in [5, 5.41) is 11.3. The van der Waals surface area contributed by atoms with E-state index in [1.807, 2.05) is 0 Å². The summed E-state index contributed by atoms with van der Waals surface area (Å²) >= 11 is 5.79. The number of unbranched alkanes of at least 4 members (excludes halogenated alkanes) is 2. The molecule has 9 heteroatoms. The Morgan fingerprint density at radius 1 is 0.970 bits per heavy atom. The predicted molar refractivity (Wildman–Crippen MR) is 128 cm³/mol. The average molecular weight is 488 g/mol. The molecule has 0 fully saturated rings. The molecule has 1 heterocycles. The summed E-state index contributed by atoms with van der Waals surface area (Å²) < 4.78 is 38.5. The van der Waals surface area contributed by atoms with Gasteiger partial charge in [0.15, 0.2) is 0 Å². The molecule has 0 unspecified atom stereocenters. The Labute approximate surface area is 195 Å². The van der Waals surface area contributed by atoms with E-state index in [0.29, 0.717) is 47.7 Å². The molecule has 172 valence electrons. The molecule has 0 saturated carbocycles. The van der Waals surface area contributed by atoms with Crippen LogP contribution in [0.2, 0.25) is 5.02 Å². The highest BCUT2D eigenvalue weighted by Gasteiger charge is 2.14. The number of nitrogens with one attached hydrogen (secondary N) is 1. The van der Waals surface area contributed by atoms with E-state index in [0.717, 1.165) is 6.42 Å². The molecule has 1 aromatic heterocycles. The number of phenols is 1. The lowest BCUT2D eigenvalue weighted by atomic mass is 10.1. The Hall–Kier alpha value is -3.07. The van der Waals surface area contributed by atoms with E-state index in [-0.39, 0.29) is 27.0 Å². The number of hydrogen-bond donors (Lipinski definition) is 2. The van der Waals surface area contributed by atoms with E-state index < -0.39 is 10.0 Å². The lowest BCUT2D eigenvalue weighted by Crippen LogP contribution is -2.24. The number of aromatic hydroxyl groups is 1. The fourth-order valence-corrected chi connectivity index (χ4v) is 4.66. The molecule has 0 saturated heterocycles. The van der Waals surface area contributed by atoms with Crippen LogP contribution < -0.4 is 14.9 Å². The molecule has 0 aliphatic heterocycles. The Bertz CT molecular complexity index is 1450. The normalized spacial score (nSPS) is 11.8. The molecule has 2 N–H and O–H groups in total. The van der Waals surface area contributed by atoms with Crippen molar-refractivity contribution in [2.45, 2.75) is 24.2 Å². The maximum Gasteiger partial charge on any atom is 0.240 e. The molecular weight excluding hydrogens is 466 g/mol. The summed E-state index contributed by atoms with van der Waals surface area (Å²) in [5.74, 6) is 0.195. The molecule has 0 aliphatic rings. The monoisotopic (exact) mass is 487 g/mol. The number of sulfonamides is 1. The fourth-order valence-electron chi connectivity index (χ4n) is 3.46. The Morgan fingerprint density at radius 3 is 2.52 bits per heavy atom. The second kappa shape index (κ2) is 9.82. The third-order valence-corrected chi connectivity index (χ3v) is 6.87. The topological polar surface area (TPSA) is 106 Å². The second-order valence-corrected chi connectivity index (χ2v) is 9.71. The maximum atomic E-state index is 12.6. The molecule has 4 aromatic rings. The second-order valence-electron chi connectivity index (χ2n) is 7.50. The standard InChI is InChI=1S/C24H22ClNO6S/c25-16-8-10-18(11-9-16)33(29,30)26-12-4-1-5-13-31-17-14-20(27)23-22(15-17)32-21-7-3-2-6-19(21)24(23)28/h2-3,6-11,14-15,26-27H,1,4-5,12-13H2. The lowest BCUT2D eigenvalue weighted by Gasteiger charge is -2.09. The lowest BCUT2D eigenvalue weighted by molar-refractivity contribution is 0.304. The SMILES string of the molecule is O=c1c2ccccc2oc2cc(OCCCCCNS(=O)(=O)c3ccc(Cl)cc3)cc(O)c12. The van der Waals surface area contributed by atoms with E-state index in [1.54, 1.807) is 30.3 Å². The van der Waals surface area contributed by atoms with Crippen molar-refractivity contribution >= 4 is 43.6 Å². The highest BCUT2D eigenvalue weighted by Crippen LogP contribution is 2.30. The first-order chi connectivity index (χ1) is 15.8. The molecule has 33 heavy (non-hydrogen) atoms. The van der Waals surface area contributed by atoms with Crippen LogP contribution in [0.25, 0.3) is 21.9 Å². The summed E-state index contributed by atoms with van der Waals surface area (Å²) in [6.45, 7) is 0.673. The number of rotatable bonds is 9. The van der Waals surface area contributed by atoms with Crippen molar-refractivity contribution in [2.24, 2.45) is 0 Å². The minimum Gasteiger partial charge on any atom is -0.507 e. The summed E-state index contributed by atoms with van der Waals surface area (Å²) in [6, 6.07) is 15.8. The van der Waals surface area contributed by atoms with Crippen molar-refractivity contribution in [1.82, 2.24) is 4.72 Å². The van der Waals surface area contributed by atoms with Gasteiger partial charge in [0.1, 0.15) is 28.1 Å². The highest BCUT2D eigenvalue weighted by molar-refractivity contribution is 7.89. The van der Waals surface area contributed by atoms with E-state index in [1.165, 1.54) is 30.3 Å². The molecule has 0 aliphatic carbocycles. The molecule has 0 spiro atoms. The first-order valence-electron chi connectivity index (χ1n) is 10.4. The van der Waals surface area contributed by atoms with Gasteiger partial charge in [-0.2, -0.15) is 0 Å². The number of hydrogen-bond acceptors (Lipinski definition) is 6. The van der Waals surface area contributed by atoms with Crippen LogP contribution in [0, 0.1) is 0 Å². The number of halogens is 1. The van der Waals surface area contributed by atoms with Crippen molar-refractivity contribution < 1.29 is 22.7 Å². The van der Waals surface area contributed by atoms with Gasteiger partial charge in [-0.15, -0.1) is 0 Å². The summed E-state index contributed by atoms with van der Waals surface area (Å²) in [6.07, 6.45) is 2.06. The van der Waals surface area contributed by atoms with Gasteiger partial charge in [-0.25, -0.2) is 13.1 Å². The highest BCUT2D eigenvalue weighted by atomic mass is 35.5. The Balaban J connectivity index is 1.29. The number of phenolic OH excluding ortho intramolecular Hbond substituents is 1. The van der Waals surface area contributed by atoms with Crippen LogP contribution in [0.5, 0.6) is 11.5 Å². The van der Waals surface area contributed by atoms with Crippen molar-refractivity contribution in [1.29, 1.82) is 0 Å². The van der Waals surface area contributed by atoms with Crippen LogP contribution in [-0.4, -0.2) is 26.7 Å². The van der Waals surface area contributed by atoms with Crippen LogP contribution in [0.3, 0.4) is 0 Å². The average Bonchev–Trinajstić information content (AvgIpc) is 2.78. The van der Waals surface area contributed by atoms with Gasteiger partial charge in [0.25, 0.3) is 0 Å². The van der Waals surface area contributed by atoms with Gasteiger partial charge in [-0.3, -0.25) is 4.79 Å². The number of ether oxygens (including phenoxy) is 1. The zero-order valence-electron chi connectivity index (χ0n) is 17.6. The largest absolute Gasteiger partial charge is 0.507 e. The third-order valence-electron chi connectivity index (χ3n) is 5.14. The van der Waals surface area contributed by atoms with Gasteiger partial charge in [-0.05, 0) is 55.7 Å². The van der Waals surface area contributed by atoms with Crippen molar-refractivity contribution in [2.75, 3.05) is 13.2 Å². The van der Waals surface area contributed by atoms with E-state index in [2.05, 4.69) is 4.72 Å². The van der Waals surface area contributed by atoms with Crippen molar-refractivity contribution in [3.63, 3.8) is 0 Å². The van der Waals surface area contributed by atoms with E-state index in [4.69, 9.17) is 20.8 Å². The Kier molecular flexibility index (Phi) is 6.88. The summed E-state index contributed by atoms with van der Waals surface area (Å²) in [5.41, 5.74) is 0.398. The summed E-state index contributed by atoms with van der Waals surface area (Å²) in [4.78, 5) is 12.8. The minimum atomic E-state index is -3.56. The molecular formula is C24H22ClNO6S. The predicted octanol–water partition coefficient (Wildman–Crippen LogP) is 4.83. The van der Waals surface area contributed by atoms with Gasteiger partial charge in [0, 0.05) is 23.7 Å². The zero-order valence-corrected chi connectivity index (χ0v) is 19.2. The maximum absolute atomic E-state index is 12.6. The Morgan fingerprint density at radius 2 is 1.73 bits per heavy atom. The van der Waals surface area contributed by atoms with Gasteiger partial charge in [0.05, 0.1) is 16.9 Å². The zero-order chi connectivity index (χ0) is 23.4. The molecule has 3 aromatic carbocycles. The molecule has 0 amide bonds. The van der Waals surface area contributed by atoms with Crippen molar-refractivity contribution in [3.05, 3.63) is 75.9 Å². The van der Waals surface area contributed by atoms with Gasteiger partial charge in [0.2, 0.25) is 15.5 Å². The molecule has 4 rings (SSSR count). The smallest absolute Gasteiger partial charge is 0.240 e. The van der Waals surface area contributed by atoms with E-state index in [9.17, 15) is 18.3 Å². The minimum absolute atomic E-state index is 0.119. The molecule has 7 nitrogen and oxygen atoms in total. The van der Waals surface area contributed by atoms with Crippen LogP contribution in [0.15, 0.2) is 74.8 Å². The fraction of sp³-hybridized carbons (Fsp3) is 0.208. The third kappa shape index (κ3) is 5.30. The van der Waals surface area contributed by atoms with Crippen LogP contribution in [0.1, 0.15) is 19.3 Å². The van der Waals surface area contributed by atoms with Crippen molar-refractivity contribution in [3.8, 4) is 11.5 Å². The number of benzene rings is 3. The molecule has 0 atom stereocenters. The van der Waals surface area contributed by atoms with E-state index >= 15 is 0 Å². The molecule has 0 bridgehead atoms. The van der Waals surface area contributed by atoms with Gasteiger partial charge in [-0.1, -0.05) is 23.7 Å². The van der Waals surface area contributed by atoms with Gasteiger partial charge >= 0.3 is 0 Å². The van der Waals surface area contributed by atoms with Crippen LogP contribution in [0.4, 0.5) is 0 Å². The van der Waals surface area contributed by atoms with Gasteiger partial charge < -0.3 is 14.3 Å². The number of para-hydroxylation sites is 1.